The molecule has 0 aliphatic carbocycles. The Morgan fingerprint density at radius 2 is 2.00 bits per heavy atom. The lowest BCUT2D eigenvalue weighted by Crippen LogP contribution is -2.13. The third kappa shape index (κ3) is 2.36. The van der Waals surface area contributed by atoms with E-state index in [4.69, 9.17) is 5.73 Å². The molecule has 0 spiro atoms. The van der Waals surface area contributed by atoms with Crippen LogP contribution in [0.5, 0.6) is 5.75 Å². The molecule has 0 radical (unpaired) electrons. The van der Waals surface area contributed by atoms with Gasteiger partial charge in [0.15, 0.2) is 17.5 Å². The first-order valence-electron chi connectivity index (χ1n) is 4.71. The highest BCUT2D eigenvalue weighted by atomic mass is 19.2. The highest BCUT2D eigenvalue weighted by Crippen LogP contribution is 2.31. The van der Waals surface area contributed by atoms with Crippen LogP contribution in [-0.4, -0.2) is 5.11 Å². The van der Waals surface area contributed by atoms with Crippen LogP contribution < -0.4 is 5.73 Å². The van der Waals surface area contributed by atoms with Gasteiger partial charge in [-0.1, -0.05) is 6.08 Å². The zero-order valence-electron chi connectivity index (χ0n) is 8.51. The molecule has 0 amide bonds. The lowest BCUT2D eigenvalue weighted by atomic mass is 10.0. The summed E-state index contributed by atoms with van der Waals surface area (Å²) in [6.07, 6.45) is 2.34. The third-order valence-corrected chi connectivity index (χ3v) is 2.23. The summed E-state index contributed by atoms with van der Waals surface area (Å²) in [4.78, 5) is 0. The van der Waals surface area contributed by atoms with Crippen molar-refractivity contribution in [2.45, 2.75) is 18.9 Å². The quantitative estimate of drug-likeness (QED) is 0.618. The van der Waals surface area contributed by atoms with Crippen LogP contribution in [0.4, 0.5) is 13.2 Å². The van der Waals surface area contributed by atoms with Crippen LogP contribution in [0.1, 0.15) is 24.4 Å². The van der Waals surface area contributed by atoms with Gasteiger partial charge >= 0.3 is 0 Å². The molecule has 1 rings (SSSR count). The van der Waals surface area contributed by atoms with Gasteiger partial charge in [-0.15, -0.1) is 6.58 Å². The van der Waals surface area contributed by atoms with Gasteiger partial charge < -0.3 is 10.8 Å². The molecule has 2 nitrogen and oxygen atoms in total. The van der Waals surface area contributed by atoms with Crippen LogP contribution in [0, 0.1) is 17.5 Å². The topological polar surface area (TPSA) is 46.2 Å². The number of phenols is 1. The second kappa shape index (κ2) is 5.03. The summed E-state index contributed by atoms with van der Waals surface area (Å²) in [5, 5.41) is 9.31. The Morgan fingerprint density at radius 1 is 1.38 bits per heavy atom. The van der Waals surface area contributed by atoms with Crippen LogP contribution in [0.3, 0.4) is 0 Å². The monoisotopic (exact) mass is 231 g/mol. The van der Waals surface area contributed by atoms with E-state index in [9.17, 15) is 18.3 Å². The molecule has 0 bridgehead atoms. The van der Waals surface area contributed by atoms with E-state index >= 15 is 0 Å². The summed E-state index contributed by atoms with van der Waals surface area (Å²) in [6.45, 7) is 3.46. The first kappa shape index (κ1) is 12.6. The van der Waals surface area contributed by atoms with E-state index in [0.29, 0.717) is 18.9 Å². The molecule has 0 saturated carbocycles. The summed E-state index contributed by atoms with van der Waals surface area (Å²) in [6, 6.07) is -0.380. The fourth-order valence-electron chi connectivity index (χ4n) is 1.39. The number of nitrogens with two attached hydrogens (primary N) is 1. The lowest BCUT2D eigenvalue weighted by Gasteiger charge is -2.14. The summed E-state index contributed by atoms with van der Waals surface area (Å²) in [5.41, 5.74) is 5.16. The van der Waals surface area contributed by atoms with Gasteiger partial charge in [-0.3, -0.25) is 0 Å². The molecule has 88 valence electrons. The molecule has 0 heterocycles. The van der Waals surface area contributed by atoms with Crippen LogP contribution >= 0.6 is 0 Å². The van der Waals surface area contributed by atoms with E-state index in [-0.39, 0.29) is 0 Å². The van der Waals surface area contributed by atoms with Crippen LogP contribution in [0.2, 0.25) is 0 Å². The van der Waals surface area contributed by atoms with Crippen molar-refractivity contribution in [3.05, 3.63) is 41.7 Å². The summed E-state index contributed by atoms with van der Waals surface area (Å²) in [7, 11) is 0. The minimum Gasteiger partial charge on any atom is -0.507 e. The fourth-order valence-corrected chi connectivity index (χ4v) is 1.39. The van der Waals surface area contributed by atoms with Gasteiger partial charge in [0.05, 0.1) is 0 Å². The summed E-state index contributed by atoms with van der Waals surface area (Å²) >= 11 is 0. The number of benzene rings is 1. The Labute approximate surface area is 91.2 Å². The molecule has 1 aromatic rings. The van der Waals surface area contributed by atoms with Crippen molar-refractivity contribution in [1.82, 2.24) is 0 Å². The van der Waals surface area contributed by atoms with Gasteiger partial charge in [0.1, 0.15) is 5.75 Å². The number of halogens is 3. The maximum absolute atomic E-state index is 13.3. The Hall–Kier alpha value is -1.49. The zero-order valence-corrected chi connectivity index (χ0v) is 8.51. The van der Waals surface area contributed by atoms with Crippen molar-refractivity contribution < 1.29 is 18.3 Å². The molecule has 0 fully saturated rings. The second-order valence-electron chi connectivity index (χ2n) is 3.39. The maximum atomic E-state index is 13.3. The van der Waals surface area contributed by atoms with E-state index < -0.39 is 34.8 Å². The standard InChI is InChI=1S/C11H12F3NO/c1-2-3-4-7(15)9-8(16)5-6(12)10(13)11(9)14/h2,5,7,16H,1,3-4,15H2/t7-/m0/s1. The highest BCUT2D eigenvalue weighted by molar-refractivity contribution is 5.37. The Morgan fingerprint density at radius 3 is 2.56 bits per heavy atom. The first-order chi connectivity index (χ1) is 7.49. The van der Waals surface area contributed by atoms with Gasteiger partial charge in [0.2, 0.25) is 0 Å². The smallest absolute Gasteiger partial charge is 0.195 e. The minimum absolute atomic E-state index is 0.291. The molecular formula is C11H12F3NO. The molecule has 3 N–H and O–H groups in total. The number of aromatic hydroxyl groups is 1. The molecular weight excluding hydrogens is 219 g/mol. The molecule has 16 heavy (non-hydrogen) atoms. The van der Waals surface area contributed by atoms with Crippen molar-refractivity contribution in [3.8, 4) is 5.75 Å². The Kier molecular flexibility index (Phi) is 3.95. The minimum atomic E-state index is -1.62. The molecule has 1 aromatic carbocycles. The normalized spacial score (nSPS) is 12.5. The number of hydrogen-bond donors (Lipinski definition) is 2. The largest absolute Gasteiger partial charge is 0.507 e. The molecule has 1 atom stereocenters. The van der Waals surface area contributed by atoms with Gasteiger partial charge in [0.25, 0.3) is 0 Å². The van der Waals surface area contributed by atoms with Crippen molar-refractivity contribution in [2.24, 2.45) is 5.73 Å². The molecule has 0 saturated heterocycles. The fraction of sp³-hybridized carbons (Fsp3) is 0.273. The third-order valence-electron chi connectivity index (χ3n) is 2.23. The van der Waals surface area contributed by atoms with Gasteiger partial charge in [-0.2, -0.15) is 0 Å². The van der Waals surface area contributed by atoms with E-state index in [1.807, 2.05) is 0 Å². The van der Waals surface area contributed by atoms with Crippen molar-refractivity contribution in [3.63, 3.8) is 0 Å². The number of hydrogen-bond acceptors (Lipinski definition) is 2. The van der Waals surface area contributed by atoms with Gasteiger partial charge in [-0.25, -0.2) is 13.2 Å². The molecule has 0 aromatic heterocycles. The van der Waals surface area contributed by atoms with E-state index in [1.165, 1.54) is 0 Å². The Bertz CT molecular complexity index is 407. The zero-order chi connectivity index (χ0) is 12.3. The SMILES string of the molecule is C=CCC[C@H](N)c1c(O)cc(F)c(F)c1F. The first-order valence-corrected chi connectivity index (χ1v) is 4.71. The van der Waals surface area contributed by atoms with Crippen LogP contribution in [0.15, 0.2) is 18.7 Å². The summed E-state index contributed by atoms with van der Waals surface area (Å²) < 4.78 is 38.9. The van der Waals surface area contributed by atoms with Gasteiger partial charge in [0, 0.05) is 17.7 Å². The average molecular weight is 231 g/mol. The second-order valence-corrected chi connectivity index (χ2v) is 3.39. The van der Waals surface area contributed by atoms with Gasteiger partial charge in [-0.05, 0) is 12.8 Å². The Balaban J connectivity index is 3.12. The highest BCUT2D eigenvalue weighted by Gasteiger charge is 2.22. The molecule has 0 aliphatic heterocycles. The molecule has 0 unspecified atom stereocenters. The van der Waals surface area contributed by atoms with Crippen molar-refractivity contribution >= 4 is 0 Å². The van der Waals surface area contributed by atoms with E-state index in [0.717, 1.165) is 0 Å². The van der Waals surface area contributed by atoms with E-state index in [1.54, 1.807) is 6.08 Å². The average Bonchev–Trinajstić information content (AvgIpc) is 2.23. The molecule has 0 aliphatic rings. The van der Waals surface area contributed by atoms with E-state index in [2.05, 4.69) is 6.58 Å². The predicted octanol–water partition coefficient (Wildman–Crippen LogP) is 2.78. The maximum Gasteiger partial charge on any atom is 0.195 e. The van der Waals surface area contributed by atoms with Crippen molar-refractivity contribution in [2.75, 3.05) is 0 Å². The number of allylic oxidation sites excluding steroid dienone is 1. The van der Waals surface area contributed by atoms with Crippen molar-refractivity contribution in [1.29, 1.82) is 0 Å². The predicted molar refractivity (Wildman–Crippen MR) is 54.3 cm³/mol. The lowest BCUT2D eigenvalue weighted by molar-refractivity contribution is 0.398. The number of phenolic OH excluding ortho intramolecular Hbond substituents is 1. The van der Waals surface area contributed by atoms with Crippen LogP contribution in [-0.2, 0) is 0 Å². The van der Waals surface area contributed by atoms with Crippen LogP contribution in [0.25, 0.3) is 0 Å². The summed E-state index contributed by atoms with van der Waals surface area (Å²) in [5.74, 6) is -5.17. The number of rotatable bonds is 4. The molecule has 5 heteroatoms.